The van der Waals surface area contributed by atoms with Crippen molar-refractivity contribution in [1.82, 2.24) is 0 Å². The molecule has 62 valence electrons. The smallest absolute Gasteiger partial charge is 0.152 e. The summed E-state index contributed by atoms with van der Waals surface area (Å²) in [5.41, 5.74) is 5.63. The number of phenolic OH excluding ortho intramolecular Hbond substituents is 1. The zero-order chi connectivity index (χ0) is 7.72. The number of benzene rings is 1. The van der Waals surface area contributed by atoms with Gasteiger partial charge in [-0.25, -0.2) is 0 Å². The second-order valence-corrected chi connectivity index (χ2v) is 3.12. The predicted molar refractivity (Wildman–Crippen MR) is 52.5 cm³/mol. The van der Waals surface area contributed by atoms with Crippen LogP contribution in [0.3, 0.4) is 0 Å². The van der Waals surface area contributed by atoms with Gasteiger partial charge in [0.1, 0.15) is 0 Å². The molecule has 0 radical (unpaired) electrons. The molecule has 0 heterocycles. The van der Waals surface area contributed by atoms with E-state index in [2.05, 4.69) is 15.9 Å². The van der Waals surface area contributed by atoms with Crippen LogP contribution >= 0.6 is 39.9 Å². The van der Waals surface area contributed by atoms with Crippen LogP contribution in [0.1, 0.15) is 0 Å². The largest absolute Gasteiger partial charge is 0.505 e. The SMILES string of the molecule is Cl.Nc1cc(Cl)cc(Br)c1O. The van der Waals surface area contributed by atoms with E-state index >= 15 is 0 Å². The fraction of sp³-hybridized carbons (Fsp3) is 0. The molecule has 11 heavy (non-hydrogen) atoms. The number of nitrogen functional groups attached to an aromatic ring is 1. The van der Waals surface area contributed by atoms with Crippen LogP contribution in [0.25, 0.3) is 0 Å². The molecule has 0 aliphatic rings. The van der Waals surface area contributed by atoms with Crippen molar-refractivity contribution in [1.29, 1.82) is 0 Å². The monoisotopic (exact) mass is 257 g/mol. The second-order valence-electron chi connectivity index (χ2n) is 1.83. The van der Waals surface area contributed by atoms with Gasteiger partial charge in [-0.05, 0) is 28.1 Å². The Balaban J connectivity index is 0.000001000. The first-order chi connectivity index (χ1) is 4.61. The minimum atomic E-state index is 0. The van der Waals surface area contributed by atoms with Crippen molar-refractivity contribution in [3.63, 3.8) is 0 Å². The lowest BCUT2D eigenvalue weighted by atomic mass is 10.3. The lowest BCUT2D eigenvalue weighted by molar-refractivity contribution is 0.474. The highest BCUT2D eigenvalue weighted by Crippen LogP contribution is 2.32. The third-order valence-corrected chi connectivity index (χ3v) is 1.88. The maximum absolute atomic E-state index is 9.10. The molecule has 0 aliphatic heterocycles. The molecule has 0 unspecified atom stereocenters. The van der Waals surface area contributed by atoms with Gasteiger partial charge in [0.05, 0.1) is 10.2 Å². The quantitative estimate of drug-likeness (QED) is 0.555. The molecular formula is C6H6BrCl2NO. The Bertz CT molecular complexity index is 244. The molecule has 0 bridgehead atoms. The number of anilines is 1. The van der Waals surface area contributed by atoms with Gasteiger partial charge >= 0.3 is 0 Å². The van der Waals surface area contributed by atoms with Gasteiger partial charge in [0.2, 0.25) is 0 Å². The molecule has 1 rings (SSSR count). The summed E-state index contributed by atoms with van der Waals surface area (Å²) in [5.74, 6) is 0.0319. The predicted octanol–water partition coefficient (Wildman–Crippen LogP) is 2.81. The first-order valence-corrected chi connectivity index (χ1v) is 3.72. The summed E-state index contributed by atoms with van der Waals surface area (Å²) >= 11 is 8.68. The Morgan fingerprint density at radius 2 is 2.00 bits per heavy atom. The molecular weight excluding hydrogens is 253 g/mol. The number of phenols is 1. The summed E-state index contributed by atoms with van der Waals surface area (Å²) in [6.07, 6.45) is 0. The van der Waals surface area contributed by atoms with Crippen molar-refractivity contribution >= 4 is 45.6 Å². The molecule has 0 aromatic heterocycles. The molecule has 3 N–H and O–H groups in total. The molecule has 0 amide bonds. The van der Waals surface area contributed by atoms with Crippen molar-refractivity contribution < 1.29 is 5.11 Å². The highest BCUT2D eigenvalue weighted by molar-refractivity contribution is 9.10. The molecule has 0 saturated heterocycles. The maximum Gasteiger partial charge on any atom is 0.152 e. The van der Waals surface area contributed by atoms with Crippen molar-refractivity contribution in [2.45, 2.75) is 0 Å². The minimum absolute atomic E-state index is 0. The zero-order valence-electron chi connectivity index (χ0n) is 5.34. The number of halogens is 3. The van der Waals surface area contributed by atoms with Crippen LogP contribution in [0.5, 0.6) is 5.75 Å². The van der Waals surface area contributed by atoms with E-state index in [1.54, 1.807) is 6.07 Å². The number of hydrogen-bond donors (Lipinski definition) is 2. The van der Waals surface area contributed by atoms with E-state index in [1.165, 1.54) is 6.07 Å². The van der Waals surface area contributed by atoms with Crippen LogP contribution in [0.4, 0.5) is 5.69 Å². The van der Waals surface area contributed by atoms with Crippen LogP contribution in [0.15, 0.2) is 16.6 Å². The lowest BCUT2D eigenvalue weighted by Gasteiger charge is -2.00. The first-order valence-electron chi connectivity index (χ1n) is 2.54. The van der Waals surface area contributed by atoms with Gasteiger partial charge in [0, 0.05) is 5.02 Å². The molecule has 0 atom stereocenters. The summed E-state index contributed by atoms with van der Waals surface area (Å²) in [7, 11) is 0. The normalized spacial score (nSPS) is 8.91. The van der Waals surface area contributed by atoms with Crippen LogP contribution in [0, 0.1) is 0 Å². The van der Waals surface area contributed by atoms with E-state index in [9.17, 15) is 0 Å². The molecule has 0 spiro atoms. The van der Waals surface area contributed by atoms with Crippen LogP contribution in [-0.4, -0.2) is 5.11 Å². The number of nitrogens with two attached hydrogens (primary N) is 1. The highest BCUT2D eigenvalue weighted by atomic mass is 79.9. The zero-order valence-corrected chi connectivity index (χ0v) is 8.50. The van der Waals surface area contributed by atoms with Gasteiger partial charge in [-0.1, -0.05) is 11.6 Å². The van der Waals surface area contributed by atoms with Crippen LogP contribution in [-0.2, 0) is 0 Å². The Labute approximate surface area is 83.9 Å². The maximum atomic E-state index is 9.10. The Hall–Kier alpha value is -0.120. The molecule has 2 nitrogen and oxygen atoms in total. The van der Waals surface area contributed by atoms with Gasteiger partial charge in [-0.3, -0.25) is 0 Å². The van der Waals surface area contributed by atoms with E-state index in [4.69, 9.17) is 22.4 Å². The van der Waals surface area contributed by atoms with Crippen molar-refractivity contribution in [3.05, 3.63) is 21.6 Å². The standard InChI is InChI=1S/C6H5BrClNO.ClH/c7-4-1-3(8)2-5(9)6(4)10;/h1-2,10H,9H2;1H. The third-order valence-electron chi connectivity index (χ3n) is 1.06. The third kappa shape index (κ3) is 2.43. The van der Waals surface area contributed by atoms with Gasteiger partial charge in [-0.2, -0.15) is 0 Å². The molecule has 0 fully saturated rings. The number of hydrogen-bond acceptors (Lipinski definition) is 2. The Morgan fingerprint density at radius 1 is 1.45 bits per heavy atom. The number of rotatable bonds is 0. The summed E-state index contributed by atoms with van der Waals surface area (Å²) in [4.78, 5) is 0. The molecule has 5 heteroatoms. The average molecular weight is 259 g/mol. The van der Waals surface area contributed by atoms with Gasteiger partial charge < -0.3 is 10.8 Å². The molecule has 1 aromatic rings. The molecule has 0 saturated carbocycles. The Kier molecular flexibility index (Phi) is 4.00. The van der Waals surface area contributed by atoms with E-state index in [0.29, 0.717) is 9.50 Å². The molecule has 1 aromatic carbocycles. The van der Waals surface area contributed by atoms with Gasteiger partial charge in [0.25, 0.3) is 0 Å². The lowest BCUT2D eigenvalue weighted by Crippen LogP contribution is -1.85. The Morgan fingerprint density at radius 3 is 2.45 bits per heavy atom. The van der Waals surface area contributed by atoms with Crippen LogP contribution in [0.2, 0.25) is 5.02 Å². The summed E-state index contributed by atoms with van der Waals surface area (Å²) in [6, 6.07) is 3.06. The van der Waals surface area contributed by atoms with Crippen molar-refractivity contribution in [2.75, 3.05) is 5.73 Å². The van der Waals surface area contributed by atoms with Crippen molar-refractivity contribution in [3.8, 4) is 5.75 Å². The summed E-state index contributed by atoms with van der Waals surface area (Å²) in [6.45, 7) is 0. The van der Waals surface area contributed by atoms with Gasteiger partial charge in [0.15, 0.2) is 5.75 Å². The molecule has 0 aliphatic carbocycles. The van der Waals surface area contributed by atoms with Crippen molar-refractivity contribution in [2.24, 2.45) is 0 Å². The average Bonchev–Trinajstić information content (AvgIpc) is 1.82. The van der Waals surface area contributed by atoms with E-state index in [-0.39, 0.29) is 23.8 Å². The van der Waals surface area contributed by atoms with Gasteiger partial charge in [-0.15, -0.1) is 12.4 Å². The minimum Gasteiger partial charge on any atom is -0.505 e. The first kappa shape index (κ1) is 10.9. The topological polar surface area (TPSA) is 46.2 Å². The fourth-order valence-electron chi connectivity index (χ4n) is 0.586. The summed E-state index contributed by atoms with van der Waals surface area (Å²) in [5, 5.41) is 9.60. The van der Waals surface area contributed by atoms with E-state index in [0.717, 1.165) is 0 Å². The van der Waals surface area contributed by atoms with E-state index in [1.807, 2.05) is 0 Å². The second kappa shape index (κ2) is 4.04. The summed E-state index contributed by atoms with van der Waals surface area (Å²) < 4.78 is 0.512. The van der Waals surface area contributed by atoms with E-state index < -0.39 is 0 Å². The van der Waals surface area contributed by atoms with Crippen LogP contribution < -0.4 is 5.73 Å². The number of aromatic hydroxyl groups is 1. The highest BCUT2D eigenvalue weighted by Gasteiger charge is 2.02. The fourth-order valence-corrected chi connectivity index (χ4v) is 1.42.